The zero-order valence-electron chi connectivity index (χ0n) is 11.8. The van der Waals surface area contributed by atoms with Crippen molar-refractivity contribution in [3.05, 3.63) is 46.6 Å². The highest BCUT2D eigenvalue weighted by atomic mass is 35.5. The molecule has 0 fully saturated rings. The summed E-state index contributed by atoms with van der Waals surface area (Å²) in [7, 11) is 0. The maximum atomic E-state index is 12.1. The molecule has 0 aliphatic carbocycles. The minimum Gasteiger partial charge on any atom is -0.360 e. The normalized spacial score (nSPS) is 10.6. The first-order valence-electron chi connectivity index (χ1n) is 6.62. The molecule has 0 aliphatic heterocycles. The van der Waals surface area contributed by atoms with Gasteiger partial charge >= 0.3 is 0 Å². The number of thiophene rings is 1. The van der Waals surface area contributed by atoms with Crippen LogP contribution in [-0.4, -0.2) is 22.4 Å². The van der Waals surface area contributed by atoms with Gasteiger partial charge < -0.3 is 10.6 Å². The van der Waals surface area contributed by atoms with E-state index in [9.17, 15) is 4.79 Å². The van der Waals surface area contributed by atoms with Crippen molar-refractivity contribution in [2.75, 3.05) is 17.2 Å². The Hall–Kier alpha value is -2.18. The third kappa shape index (κ3) is 3.03. The summed E-state index contributed by atoms with van der Waals surface area (Å²) in [5, 5.41) is 9.36. The molecule has 2 aromatic heterocycles. The number of aromatic nitrogens is 2. The van der Waals surface area contributed by atoms with E-state index < -0.39 is 0 Å². The Morgan fingerprint density at radius 1 is 1.32 bits per heavy atom. The Morgan fingerprint density at radius 3 is 3.05 bits per heavy atom. The van der Waals surface area contributed by atoms with Gasteiger partial charge in [-0.25, -0.2) is 9.97 Å². The van der Waals surface area contributed by atoms with Crippen LogP contribution in [0.25, 0.3) is 10.2 Å². The Morgan fingerprint density at radius 2 is 2.18 bits per heavy atom. The summed E-state index contributed by atoms with van der Waals surface area (Å²) in [5.41, 5.74) is 1.56. The van der Waals surface area contributed by atoms with Gasteiger partial charge in [0.2, 0.25) is 5.91 Å². The number of halogens is 1. The summed E-state index contributed by atoms with van der Waals surface area (Å²) in [4.78, 5) is 21.3. The van der Waals surface area contributed by atoms with E-state index in [1.807, 2.05) is 24.4 Å². The quantitative estimate of drug-likeness (QED) is 0.764. The molecule has 1 aromatic carbocycles. The number of fused-ring (bicyclic) bond motifs is 1. The number of amides is 1. The Labute approximate surface area is 136 Å². The number of carbonyl (C=O) groups excluding carboxylic acids is 1. The van der Waals surface area contributed by atoms with Gasteiger partial charge in [0.15, 0.2) is 0 Å². The summed E-state index contributed by atoms with van der Waals surface area (Å²) in [6.07, 6.45) is 1.49. The third-order valence-electron chi connectivity index (χ3n) is 3.22. The molecule has 0 unspecified atom stereocenters. The number of hydrogen-bond donors (Lipinski definition) is 2. The number of rotatable bonds is 4. The van der Waals surface area contributed by atoms with Crippen LogP contribution >= 0.6 is 22.9 Å². The molecule has 7 heteroatoms. The number of anilines is 2. The first kappa shape index (κ1) is 14.7. The Balaban J connectivity index is 1.68. The number of benzene rings is 1. The van der Waals surface area contributed by atoms with Gasteiger partial charge in [0.05, 0.1) is 11.9 Å². The van der Waals surface area contributed by atoms with Crippen LogP contribution in [0.4, 0.5) is 11.5 Å². The van der Waals surface area contributed by atoms with Crippen LogP contribution in [0.15, 0.2) is 36.0 Å². The van der Waals surface area contributed by atoms with Crippen LogP contribution < -0.4 is 10.6 Å². The second-order valence-electron chi connectivity index (χ2n) is 4.68. The lowest BCUT2D eigenvalue weighted by molar-refractivity contribution is -0.114. The molecule has 0 radical (unpaired) electrons. The van der Waals surface area contributed by atoms with Gasteiger partial charge in [-0.05, 0) is 36.1 Å². The molecule has 0 saturated carbocycles. The molecule has 1 amide bonds. The van der Waals surface area contributed by atoms with Crippen molar-refractivity contribution in [3.63, 3.8) is 0 Å². The largest absolute Gasteiger partial charge is 0.360 e. The average Bonchev–Trinajstić information content (AvgIpc) is 2.99. The van der Waals surface area contributed by atoms with Crippen LogP contribution in [0.1, 0.15) is 5.56 Å². The zero-order valence-corrected chi connectivity index (χ0v) is 13.3. The van der Waals surface area contributed by atoms with E-state index in [1.165, 1.54) is 17.7 Å². The van der Waals surface area contributed by atoms with E-state index in [0.717, 1.165) is 15.8 Å². The highest BCUT2D eigenvalue weighted by Gasteiger charge is 2.09. The minimum absolute atomic E-state index is 0.119. The van der Waals surface area contributed by atoms with Crippen molar-refractivity contribution in [3.8, 4) is 0 Å². The number of carbonyl (C=O) groups is 1. The molecule has 2 heterocycles. The van der Waals surface area contributed by atoms with E-state index in [1.54, 1.807) is 12.1 Å². The standard InChI is InChI=1S/C15H13ClN4OS/c1-9-11(16)3-2-4-12(9)20-13(21)7-17-14-10-5-6-22-15(10)19-8-18-14/h2-6,8H,7H2,1H3,(H,20,21)(H,17,18,19). The third-order valence-corrected chi connectivity index (χ3v) is 4.45. The number of nitrogens with one attached hydrogen (secondary N) is 2. The first-order chi connectivity index (χ1) is 10.6. The van der Waals surface area contributed by atoms with Gasteiger partial charge in [-0.2, -0.15) is 0 Å². The molecule has 3 aromatic rings. The monoisotopic (exact) mass is 332 g/mol. The van der Waals surface area contributed by atoms with E-state index in [2.05, 4.69) is 20.6 Å². The van der Waals surface area contributed by atoms with E-state index in [0.29, 0.717) is 16.5 Å². The van der Waals surface area contributed by atoms with Crippen molar-refractivity contribution in [1.29, 1.82) is 0 Å². The molecule has 0 saturated heterocycles. The molecule has 112 valence electrons. The summed E-state index contributed by atoms with van der Waals surface area (Å²) >= 11 is 7.58. The molecule has 0 atom stereocenters. The van der Waals surface area contributed by atoms with Gasteiger partial charge in [-0.3, -0.25) is 4.79 Å². The van der Waals surface area contributed by atoms with Crippen molar-refractivity contribution in [1.82, 2.24) is 9.97 Å². The van der Waals surface area contributed by atoms with Crippen LogP contribution in [0.5, 0.6) is 0 Å². The topological polar surface area (TPSA) is 66.9 Å². The second-order valence-corrected chi connectivity index (χ2v) is 5.98. The maximum absolute atomic E-state index is 12.1. The van der Waals surface area contributed by atoms with Gasteiger partial charge in [0.1, 0.15) is 17.0 Å². The van der Waals surface area contributed by atoms with E-state index in [4.69, 9.17) is 11.6 Å². The maximum Gasteiger partial charge on any atom is 0.243 e. The molecule has 5 nitrogen and oxygen atoms in total. The first-order valence-corrected chi connectivity index (χ1v) is 7.88. The minimum atomic E-state index is -0.160. The fourth-order valence-electron chi connectivity index (χ4n) is 2.03. The molecule has 3 rings (SSSR count). The van der Waals surface area contributed by atoms with Gasteiger partial charge in [-0.1, -0.05) is 17.7 Å². The summed E-state index contributed by atoms with van der Waals surface area (Å²) < 4.78 is 0. The number of hydrogen-bond acceptors (Lipinski definition) is 5. The van der Waals surface area contributed by atoms with Crippen molar-refractivity contribution < 1.29 is 4.79 Å². The number of nitrogens with zero attached hydrogens (tertiary/aromatic N) is 2. The fourth-order valence-corrected chi connectivity index (χ4v) is 2.94. The molecule has 22 heavy (non-hydrogen) atoms. The molecule has 0 aliphatic rings. The van der Waals surface area contributed by atoms with Crippen LogP contribution in [0.2, 0.25) is 5.02 Å². The molecule has 0 spiro atoms. The summed E-state index contributed by atoms with van der Waals surface area (Å²) in [6.45, 7) is 1.98. The predicted octanol–water partition coefficient (Wildman–Crippen LogP) is 3.70. The van der Waals surface area contributed by atoms with Crippen LogP contribution in [0, 0.1) is 6.92 Å². The predicted molar refractivity (Wildman–Crippen MR) is 90.7 cm³/mol. The van der Waals surface area contributed by atoms with Crippen LogP contribution in [0.3, 0.4) is 0 Å². The van der Waals surface area contributed by atoms with Crippen LogP contribution in [-0.2, 0) is 4.79 Å². The van der Waals surface area contributed by atoms with E-state index >= 15 is 0 Å². The molecular formula is C15H13ClN4OS. The lowest BCUT2D eigenvalue weighted by Gasteiger charge is -2.10. The molecular weight excluding hydrogens is 320 g/mol. The smallest absolute Gasteiger partial charge is 0.243 e. The lowest BCUT2D eigenvalue weighted by atomic mass is 10.2. The zero-order chi connectivity index (χ0) is 15.5. The van der Waals surface area contributed by atoms with Crippen molar-refractivity contribution >= 4 is 50.6 Å². The lowest BCUT2D eigenvalue weighted by Crippen LogP contribution is -2.22. The van der Waals surface area contributed by atoms with Crippen molar-refractivity contribution in [2.45, 2.75) is 6.92 Å². The summed E-state index contributed by atoms with van der Waals surface area (Å²) in [5.74, 6) is 0.497. The SMILES string of the molecule is Cc1c(Cl)cccc1NC(=O)CNc1ncnc2sccc12. The van der Waals surface area contributed by atoms with Crippen molar-refractivity contribution in [2.24, 2.45) is 0 Å². The van der Waals surface area contributed by atoms with Gasteiger partial charge in [-0.15, -0.1) is 11.3 Å². The highest BCUT2D eigenvalue weighted by Crippen LogP contribution is 2.24. The molecule has 2 N–H and O–H groups in total. The second kappa shape index (κ2) is 6.29. The summed E-state index contributed by atoms with van der Waals surface area (Å²) in [6, 6.07) is 7.35. The van der Waals surface area contributed by atoms with E-state index in [-0.39, 0.29) is 12.5 Å². The Kier molecular flexibility index (Phi) is 4.22. The fraction of sp³-hybridized carbons (Fsp3) is 0.133. The highest BCUT2D eigenvalue weighted by molar-refractivity contribution is 7.16. The van der Waals surface area contributed by atoms with Gasteiger partial charge in [0, 0.05) is 10.7 Å². The molecule has 0 bridgehead atoms. The van der Waals surface area contributed by atoms with Gasteiger partial charge in [0.25, 0.3) is 0 Å². The Bertz CT molecular complexity index is 833. The average molecular weight is 333 g/mol.